The van der Waals surface area contributed by atoms with Crippen LogP contribution in [0.2, 0.25) is 0 Å². The van der Waals surface area contributed by atoms with Crippen LogP contribution in [0.1, 0.15) is 37.4 Å². The van der Waals surface area contributed by atoms with Crippen molar-refractivity contribution in [1.29, 1.82) is 5.26 Å². The van der Waals surface area contributed by atoms with Crippen LogP contribution in [-0.2, 0) is 6.42 Å². The predicted octanol–water partition coefficient (Wildman–Crippen LogP) is 3.01. The number of aliphatic hydroxyl groups is 1. The third-order valence-electron chi connectivity index (χ3n) is 4.40. The molecule has 2 N–H and O–H groups in total. The van der Waals surface area contributed by atoms with Gasteiger partial charge >= 0.3 is 0 Å². The number of hydrogen-bond donors (Lipinski definition) is 2. The monoisotopic (exact) mass is 337 g/mol. The molecule has 0 bridgehead atoms. The Morgan fingerprint density at radius 3 is 3.00 bits per heavy atom. The van der Waals surface area contributed by atoms with Gasteiger partial charge in [-0.1, -0.05) is 19.4 Å². The average molecular weight is 337 g/mol. The fourth-order valence-electron chi connectivity index (χ4n) is 3.19. The van der Waals surface area contributed by atoms with Gasteiger partial charge in [0.05, 0.1) is 24.3 Å². The van der Waals surface area contributed by atoms with Crippen LogP contribution in [0.4, 0.5) is 17.5 Å². The summed E-state index contributed by atoms with van der Waals surface area (Å²) in [5.41, 5.74) is 2.36. The zero-order chi connectivity index (χ0) is 17.6. The summed E-state index contributed by atoms with van der Waals surface area (Å²) in [6.07, 6.45) is 3.92. The number of nitriles is 1. The summed E-state index contributed by atoms with van der Waals surface area (Å²) in [6.45, 7) is 3.16. The van der Waals surface area contributed by atoms with Crippen LogP contribution in [0.25, 0.3) is 0 Å². The third-order valence-corrected chi connectivity index (χ3v) is 4.40. The van der Waals surface area contributed by atoms with E-state index in [-0.39, 0.29) is 12.6 Å². The molecule has 0 unspecified atom stereocenters. The topological polar surface area (TPSA) is 85.1 Å². The second kappa shape index (κ2) is 7.95. The zero-order valence-electron chi connectivity index (χ0n) is 14.4. The predicted molar refractivity (Wildman–Crippen MR) is 97.9 cm³/mol. The van der Waals surface area contributed by atoms with Gasteiger partial charge in [0, 0.05) is 24.0 Å². The molecule has 0 saturated carbocycles. The highest BCUT2D eigenvalue weighted by Crippen LogP contribution is 2.26. The van der Waals surface area contributed by atoms with Gasteiger partial charge in [-0.05, 0) is 37.5 Å². The number of aromatic nitrogens is 2. The van der Waals surface area contributed by atoms with Crippen molar-refractivity contribution >= 4 is 17.5 Å². The molecule has 1 aliphatic heterocycles. The van der Waals surface area contributed by atoms with E-state index in [1.807, 2.05) is 18.2 Å². The van der Waals surface area contributed by atoms with Crippen molar-refractivity contribution in [2.75, 3.05) is 23.4 Å². The second-order valence-corrected chi connectivity index (χ2v) is 6.28. The molecule has 6 nitrogen and oxygen atoms in total. The molecular formula is C19H23N5O. The molecule has 0 amide bonds. The summed E-state index contributed by atoms with van der Waals surface area (Å²) in [5.74, 6) is 1.38. The number of aliphatic hydroxyl groups excluding tert-OH is 1. The molecule has 2 heterocycles. The van der Waals surface area contributed by atoms with Crippen LogP contribution in [0.3, 0.4) is 0 Å². The first-order valence-electron chi connectivity index (χ1n) is 8.76. The van der Waals surface area contributed by atoms with E-state index >= 15 is 0 Å². The maximum Gasteiger partial charge on any atom is 0.229 e. The Kier molecular flexibility index (Phi) is 5.46. The van der Waals surface area contributed by atoms with E-state index in [4.69, 9.17) is 5.26 Å². The maximum absolute atomic E-state index is 9.60. The molecule has 130 valence electrons. The molecular weight excluding hydrogens is 314 g/mol. The van der Waals surface area contributed by atoms with Crippen molar-refractivity contribution in [3.63, 3.8) is 0 Å². The Balaban J connectivity index is 1.91. The second-order valence-electron chi connectivity index (χ2n) is 6.28. The standard InChI is InChI=1S/C19H23N5O/c1-2-5-15-11-18(24-9-4-8-17(24)13-25)23-19(21-15)22-16-7-3-6-14(10-16)12-20/h3,6-7,10-11,17,25H,2,4-5,8-9,13H2,1H3,(H,21,22,23)/t17-/m0/s1. The lowest BCUT2D eigenvalue weighted by Crippen LogP contribution is -2.33. The molecule has 0 aliphatic carbocycles. The largest absolute Gasteiger partial charge is 0.394 e. The van der Waals surface area contributed by atoms with Crippen molar-refractivity contribution in [3.05, 3.63) is 41.6 Å². The van der Waals surface area contributed by atoms with Crippen molar-refractivity contribution in [2.24, 2.45) is 0 Å². The van der Waals surface area contributed by atoms with Crippen molar-refractivity contribution in [3.8, 4) is 6.07 Å². The fourth-order valence-corrected chi connectivity index (χ4v) is 3.19. The number of benzene rings is 1. The van der Waals surface area contributed by atoms with E-state index in [0.29, 0.717) is 11.5 Å². The Bertz CT molecular complexity index is 771. The maximum atomic E-state index is 9.60. The smallest absolute Gasteiger partial charge is 0.229 e. The van der Waals surface area contributed by atoms with E-state index in [0.717, 1.165) is 49.4 Å². The van der Waals surface area contributed by atoms with Crippen LogP contribution in [0.15, 0.2) is 30.3 Å². The average Bonchev–Trinajstić information content (AvgIpc) is 3.11. The number of nitrogens with one attached hydrogen (secondary N) is 1. The summed E-state index contributed by atoms with van der Waals surface area (Å²) in [7, 11) is 0. The third kappa shape index (κ3) is 4.06. The van der Waals surface area contributed by atoms with Crippen LogP contribution < -0.4 is 10.2 Å². The van der Waals surface area contributed by atoms with Gasteiger partial charge in [-0.25, -0.2) is 4.98 Å². The molecule has 0 radical (unpaired) electrons. The summed E-state index contributed by atoms with van der Waals surface area (Å²) >= 11 is 0. The zero-order valence-corrected chi connectivity index (χ0v) is 14.4. The van der Waals surface area contributed by atoms with Crippen molar-refractivity contribution in [2.45, 2.75) is 38.6 Å². The first kappa shape index (κ1) is 17.2. The minimum atomic E-state index is 0.124. The Morgan fingerprint density at radius 2 is 2.24 bits per heavy atom. The normalized spacial score (nSPS) is 16.7. The highest BCUT2D eigenvalue weighted by atomic mass is 16.3. The van der Waals surface area contributed by atoms with Gasteiger partial charge in [0.15, 0.2) is 0 Å². The Morgan fingerprint density at radius 1 is 1.36 bits per heavy atom. The molecule has 1 aliphatic rings. The molecule has 6 heteroatoms. The van der Waals surface area contributed by atoms with Gasteiger partial charge in [-0.2, -0.15) is 10.2 Å². The SMILES string of the molecule is CCCc1cc(N2CCC[C@H]2CO)nc(Nc2cccc(C#N)c2)n1. The molecule has 3 rings (SSSR count). The van der Waals surface area contributed by atoms with Crippen LogP contribution in [0.5, 0.6) is 0 Å². The highest BCUT2D eigenvalue weighted by Gasteiger charge is 2.25. The van der Waals surface area contributed by atoms with Gasteiger partial charge in [0.1, 0.15) is 5.82 Å². The Labute approximate surface area is 148 Å². The molecule has 2 aromatic rings. The number of rotatable bonds is 6. The fraction of sp³-hybridized carbons (Fsp3) is 0.421. The quantitative estimate of drug-likeness (QED) is 0.843. The van der Waals surface area contributed by atoms with Gasteiger partial charge < -0.3 is 15.3 Å². The lowest BCUT2D eigenvalue weighted by atomic mass is 10.2. The molecule has 1 fully saturated rings. The lowest BCUT2D eigenvalue weighted by Gasteiger charge is -2.25. The number of aryl methyl sites for hydroxylation is 1. The molecule has 25 heavy (non-hydrogen) atoms. The first-order valence-corrected chi connectivity index (χ1v) is 8.76. The van der Waals surface area contributed by atoms with E-state index < -0.39 is 0 Å². The van der Waals surface area contributed by atoms with Gasteiger partial charge in [0.2, 0.25) is 5.95 Å². The minimum Gasteiger partial charge on any atom is -0.394 e. The van der Waals surface area contributed by atoms with Crippen molar-refractivity contribution < 1.29 is 5.11 Å². The molecule has 1 aromatic heterocycles. The van der Waals surface area contributed by atoms with Crippen LogP contribution in [0, 0.1) is 11.3 Å². The van der Waals surface area contributed by atoms with E-state index in [1.54, 1.807) is 12.1 Å². The van der Waals surface area contributed by atoms with E-state index in [1.165, 1.54) is 0 Å². The van der Waals surface area contributed by atoms with Gasteiger partial charge in [-0.3, -0.25) is 0 Å². The Hall–Kier alpha value is -2.65. The van der Waals surface area contributed by atoms with E-state index in [2.05, 4.69) is 33.2 Å². The number of hydrogen-bond acceptors (Lipinski definition) is 6. The van der Waals surface area contributed by atoms with Crippen LogP contribution in [-0.4, -0.2) is 34.3 Å². The molecule has 1 saturated heterocycles. The molecule has 0 spiro atoms. The number of nitrogens with zero attached hydrogens (tertiary/aromatic N) is 4. The number of anilines is 3. The highest BCUT2D eigenvalue weighted by molar-refractivity contribution is 5.58. The summed E-state index contributed by atoms with van der Waals surface area (Å²) in [4.78, 5) is 11.4. The van der Waals surface area contributed by atoms with Gasteiger partial charge in [0.25, 0.3) is 0 Å². The molecule has 1 aromatic carbocycles. The van der Waals surface area contributed by atoms with Crippen molar-refractivity contribution in [1.82, 2.24) is 9.97 Å². The van der Waals surface area contributed by atoms with Gasteiger partial charge in [-0.15, -0.1) is 0 Å². The lowest BCUT2D eigenvalue weighted by molar-refractivity contribution is 0.266. The minimum absolute atomic E-state index is 0.124. The first-order chi connectivity index (χ1) is 12.2. The summed E-state index contributed by atoms with van der Waals surface area (Å²) < 4.78 is 0. The van der Waals surface area contributed by atoms with Crippen LogP contribution >= 0.6 is 0 Å². The van der Waals surface area contributed by atoms with E-state index in [9.17, 15) is 5.11 Å². The summed E-state index contributed by atoms with van der Waals surface area (Å²) in [5, 5.41) is 21.9. The molecule has 1 atom stereocenters. The summed E-state index contributed by atoms with van der Waals surface area (Å²) in [6, 6.07) is 11.6.